The first-order valence-electron chi connectivity index (χ1n) is 5.66. The molecule has 0 amide bonds. The quantitative estimate of drug-likeness (QED) is 0.510. The molecule has 1 N–H and O–H groups in total. The second-order valence-corrected chi connectivity index (χ2v) is 3.95. The molecule has 0 aliphatic carbocycles. The molecule has 19 heavy (non-hydrogen) atoms. The van der Waals surface area contributed by atoms with Crippen LogP contribution in [0, 0.1) is 6.92 Å². The van der Waals surface area contributed by atoms with E-state index in [0.29, 0.717) is 5.56 Å². The zero-order valence-electron chi connectivity index (χ0n) is 11.2. The molecule has 1 aromatic rings. The molecule has 1 aromatic carbocycles. The molecule has 3 nitrogen and oxygen atoms in total. The highest BCUT2D eigenvalue weighted by atomic mass is 16.4. The molecule has 1 rings (SSSR count). The van der Waals surface area contributed by atoms with Gasteiger partial charge in [0.1, 0.15) is 0 Å². The zero-order valence-corrected chi connectivity index (χ0v) is 11.2. The van der Waals surface area contributed by atoms with Crippen LogP contribution in [0.15, 0.2) is 61.2 Å². The monoisotopic (exact) mass is 258 g/mol. The van der Waals surface area contributed by atoms with E-state index in [1.165, 1.54) is 0 Å². The van der Waals surface area contributed by atoms with E-state index in [0.717, 1.165) is 23.3 Å². The molecule has 0 fully saturated rings. The highest BCUT2D eigenvalue weighted by Crippen LogP contribution is 2.04. The molecule has 100 valence electrons. The lowest BCUT2D eigenvalue weighted by Crippen LogP contribution is -1.96. The molecule has 0 unspecified atom stereocenters. The normalized spacial score (nSPS) is 9.37. The number of carbonyl (C=O) groups excluding carboxylic acids is 1. The van der Waals surface area contributed by atoms with Crippen LogP contribution in [0.3, 0.4) is 0 Å². The molecule has 0 saturated heterocycles. The van der Waals surface area contributed by atoms with Crippen molar-refractivity contribution in [1.29, 1.82) is 0 Å². The van der Waals surface area contributed by atoms with Crippen LogP contribution in [0.25, 0.3) is 0 Å². The van der Waals surface area contributed by atoms with Crippen LogP contribution in [-0.2, 0) is 4.79 Å². The van der Waals surface area contributed by atoms with Gasteiger partial charge < -0.3 is 5.11 Å². The van der Waals surface area contributed by atoms with Gasteiger partial charge in [0, 0.05) is 11.6 Å². The Balaban J connectivity index is 0.000000555. The number of aliphatic carboxylic acids is 1. The van der Waals surface area contributed by atoms with Crippen LogP contribution in [0.2, 0.25) is 0 Å². The summed E-state index contributed by atoms with van der Waals surface area (Å²) in [5.74, 6) is -1.42. The fourth-order valence-electron chi connectivity index (χ4n) is 0.961. The Morgan fingerprint density at radius 3 is 2.00 bits per heavy atom. The van der Waals surface area contributed by atoms with E-state index in [-0.39, 0.29) is 5.78 Å². The maximum atomic E-state index is 11.3. The number of carbonyl (C=O) groups is 2. The van der Waals surface area contributed by atoms with Gasteiger partial charge in [-0.05, 0) is 19.9 Å². The third kappa shape index (κ3) is 8.32. The number of hydrogen-bond donors (Lipinski definition) is 1. The summed E-state index contributed by atoms with van der Waals surface area (Å²) >= 11 is 0. The SMILES string of the molecule is C=CC(=C)C.Cc1ccc(C(=O)/C=C/C(=O)O)cc1. The van der Waals surface area contributed by atoms with Crippen molar-refractivity contribution in [3.05, 3.63) is 72.4 Å². The largest absolute Gasteiger partial charge is 0.478 e. The van der Waals surface area contributed by atoms with Gasteiger partial charge >= 0.3 is 5.97 Å². The van der Waals surface area contributed by atoms with E-state index in [4.69, 9.17) is 5.11 Å². The average Bonchev–Trinajstić information content (AvgIpc) is 2.37. The van der Waals surface area contributed by atoms with E-state index >= 15 is 0 Å². The van der Waals surface area contributed by atoms with Crippen molar-refractivity contribution >= 4 is 11.8 Å². The Hall–Kier alpha value is -2.42. The van der Waals surface area contributed by atoms with Crippen molar-refractivity contribution in [2.24, 2.45) is 0 Å². The number of ketones is 1. The van der Waals surface area contributed by atoms with Gasteiger partial charge in [-0.25, -0.2) is 4.79 Å². The number of aryl methyl sites for hydroxylation is 1. The second kappa shape index (κ2) is 8.64. The van der Waals surface area contributed by atoms with Crippen molar-refractivity contribution in [2.75, 3.05) is 0 Å². The summed E-state index contributed by atoms with van der Waals surface area (Å²) < 4.78 is 0. The number of rotatable bonds is 4. The first-order chi connectivity index (χ1) is 8.86. The Kier molecular flexibility index (Phi) is 7.54. The summed E-state index contributed by atoms with van der Waals surface area (Å²) in [5, 5.41) is 8.31. The van der Waals surface area contributed by atoms with E-state index in [9.17, 15) is 9.59 Å². The van der Waals surface area contributed by atoms with Gasteiger partial charge in [-0.1, -0.05) is 54.6 Å². The fourth-order valence-corrected chi connectivity index (χ4v) is 0.961. The molecule has 0 spiro atoms. The predicted molar refractivity (Wildman–Crippen MR) is 77.3 cm³/mol. The van der Waals surface area contributed by atoms with E-state index in [1.807, 2.05) is 26.0 Å². The van der Waals surface area contributed by atoms with Gasteiger partial charge in [-0.3, -0.25) is 4.79 Å². The lowest BCUT2D eigenvalue weighted by Gasteiger charge is -1.95. The number of carboxylic acid groups (broad SMARTS) is 1. The lowest BCUT2D eigenvalue weighted by molar-refractivity contribution is -0.131. The highest BCUT2D eigenvalue weighted by Gasteiger charge is 2.00. The van der Waals surface area contributed by atoms with E-state index in [1.54, 1.807) is 18.2 Å². The van der Waals surface area contributed by atoms with Crippen molar-refractivity contribution in [1.82, 2.24) is 0 Å². The molecule has 0 radical (unpaired) electrons. The predicted octanol–water partition coefficient (Wildman–Crippen LogP) is 3.57. The van der Waals surface area contributed by atoms with Gasteiger partial charge in [-0.2, -0.15) is 0 Å². The number of carboxylic acids is 1. The molecule has 0 heterocycles. The summed E-state index contributed by atoms with van der Waals surface area (Å²) in [6.07, 6.45) is 3.61. The summed E-state index contributed by atoms with van der Waals surface area (Å²) in [7, 11) is 0. The Morgan fingerprint density at radius 1 is 1.16 bits per heavy atom. The Bertz CT molecular complexity index is 493. The molecule has 0 aromatic heterocycles. The molecule has 0 bridgehead atoms. The van der Waals surface area contributed by atoms with Crippen LogP contribution >= 0.6 is 0 Å². The first kappa shape index (κ1) is 16.6. The Morgan fingerprint density at radius 2 is 1.63 bits per heavy atom. The minimum atomic E-state index is -1.12. The average molecular weight is 258 g/mol. The maximum absolute atomic E-state index is 11.3. The zero-order chi connectivity index (χ0) is 14.8. The van der Waals surface area contributed by atoms with E-state index in [2.05, 4.69) is 13.2 Å². The van der Waals surface area contributed by atoms with Crippen LogP contribution < -0.4 is 0 Å². The maximum Gasteiger partial charge on any atom is 0.328 e. The molecular weight excluding hydrogens is 240 g/mol. The third-order valence-corrected chi connectivity index (χ3v) is 2.06. The van der Waals surface area contributed by atoms with E-state index < -0.39 is 5.97 Å². The van der Waals surface area contributed by atoms with Gasteiger partial charge in [0.05, 0.1) is 0 Å². The van der Waals surface area contributed by atoms with Crippen LogP contribution in [0.1, 0.15) is 22.8 Å². The summed E-state index contributed by atoms with van der Waals surface area (Å²) in [4.78, 5) is 21.5. The first-order valence-corrected chi connectivity index (χ1v) is 5.66. The molecule has 0 aliphatic rings. The van der Waals surface area contributed by atoms with Crippen molar-refractivity contribution in [3.63, 3.8) is 0 Å². The van der Waals surface area contributed by atoms with Crippen LogP contribution in [0.5, 0.6) is 0 Å². The third-order valence-electron chi connectivity index (χ3n) is 2.06. The smallest absolute Gasteiger partial charge is 0.328 e. The molecular formula is C16H18O3. The van der Waals surface area contributed by atoms with Gasteiger partial charge in [0.2, 0.25) is 0 Å². The van der Waals surface area contributed by atoms with Gasteiger partial charge in [0.15, 0.2) is 5.78 Å². The summed E-state index contributed by atoms with van der Waals surface area (Å²) in [5.41, 5.74) is 2.57. The number of hydrogen-bond acceptors (Lipinski definition) is 2. The fraction of sp³-hybridized carbons (Fsp3) is 0.125. The van der Waals surface area contributed by atoms with Crippen LogP contribution in [0.4, 0.5) is 0 Å². The van der Waals surface area contributed by atoms with Gasteiger partial charge in [0.25, 0.3) is 0 Å². The van der Waals surface area contributed by atoms with Crippen LogP contribution in [-0.4, -0.2) is 16.9 Å². The topological polar surface area (TPSA) is 54.4 Å². The Labute approximate surface area is 113 Å². The standard InChI is InChI=1S/C11H10O3.C5H8/c1-8-2-4-9(5-3-8)10(12)6-7-11(13)14;1-4-5(2)3/h2-7H,1H3,(H,13,14);4H,1-2H2,3H3/b7-6+;. The number of allylic oxidation sites excluding steroid dienone is 3. The minimum Gasteiger partial charge on any atom is -0.478 e. The summed E-state index contributed by atoms with van der Waals surface area (Å²) in [6, 6.07) is 6.96. The van der Waals surface area contributed by atoms with Gasteiger partial charge in [-0.15, -0.1) is 0 Å². The molecule has 0 aliphatic heterocycles. The highest BCUT2D eigenvalue weighted by molar-refractivity contribution is 6.06. The number of benzene rings is 1. The van der Waals surface area contributed by atoms with Crippen molar-refractivity contribution in [3.8, 4) is 0 Å². The molecule has 3 heteroatoms. The second-order valence-electron chi connectivity index (χ2n) is 3.95. The van der Waals surface area contributed by atoms with Crippen molar-refractivity contribution < 1.29 is 14.7 Å². The lowest BCUT2D eigenvalue weighted by atomic mass is 10.1. The molecule has 0 atom stereocenters. The molecule has 0 saturated carbocycles. The minimum absolute atomic E-state index is 0.299. The summed E-state index contributed by atoms with van der Waals surface area (Å²) in [6.45, 7) is 10.8. The van der Waals surface area contributed by atoms with Crippen molar-refractivity contribution in [2.45, 2.75) is 13.8 Å².